The zero-order valence-electron chi connectivity index (χ0n) is 12.1. The van der Waals surface area contributed by atoms with Crippen LogP contribution in [-0.2, 0) is 4.79 Å². The number of Topliss-reactive ketones (excluding diaryl/α,β-unsaturated/α-hetero) is 1. The fourth-order valence-corrected chi connectivity index (χ4v) is 2.57. The van der Waals surface area contributed by atoms with Gasteiger partial charge in [0.25, 0.3) is 0 Å². The second kappa shape index (κ2) is 6.53. The first-order chi connectivity index (χ1) is 7.88. The minimum Gasteiger partial charge on any atom is -0.300 e. The van der Waals surface area contributed by atoms with Gasteiger partial charge in [0.05, 0.1) is 0 Å². The number of hydrogen-bond acceptors (Lipinski definition) is 2. The predicted molar refractivity (Wildman–Crippen MR) is 73.2 cm³/mol. The van der Waals surface area contributed by atoms with Crippen molar-refractivity contribution in [3.8, 4) is 0 Å². The van der Waals surface area contributed by atoms with Crippen LogP contribution in [0.4, 0.5) is 0 Å². The van der Waals surface area contributed by atoms with Gasteiger partial charge in [-0.25, -0.2) is 0 Å². The fraction of sp³-hybridized carbons (Fsp3) is 0.933. The Bertz CT molecular complexity index is 242. The van der Waals surface area contributed by atoms with Gasteiger partial charge < -0.3 is 0 Å². The number of ketones is 1. The van der Waals surface area contributed by atoms with Crippen molar-refractivity contribution in [3.63, 3.8) is 0 Å². The molecule has 1 unspecified atom stereocenters. The summed E-state index contributed by atoms with van der Waals surface area (Å²) in [6.45, 7) is 11.0. The van der Waals surface area contributed by atoms with Crippen LogP contribution in [0.25, 0.3) is 0 Å². The molecule has 0 N–H and O–H groups in total. The molecule has 0 aromatic heterocycles. The normalized spacial score (nSPS) is 23.4. The van der Waals surface area contributed by atoms with Gasteiger partial charge in [0.1, 0.15) is 5.78 Å². The lowest BCUT2D eigenvalue weighted by atomic mass is 9.91. The molecular formula is C15H29NO. The van der Waals surface area contributed by atoms with Crippen LogP contribution in [0, 0.1) is 5.41 Å². The first-order valence-corrected chi connectivity index (χ1v) is 7.12. The molecule has 0 saturated carbocycles. The van der Waals surface area contributed by atoms with Gasteiger partial charge >= 0.3 is 0 Å². The van der Waals surface area contributed by atoms with E-state index in [1.165, 1.54) is 38.6 Å². The molecule has 1 rings (SSSR count). The lowest BCUT2D eigenvalue weighted by Crippen LogP contribution is -2.38. The van der Waals surface area contributed by atoms with Crippen molar-refractivity contribution < 1.29 is 4.79 Å². The van der Waals surface area contributed by atoms with Crippen molar-refractivity contribution in [3.05, 3.63) is 0 Å². The second-order valence-electron chi connectivity index (χ2n) is 6.76. The average molecular weight is 239 g/mol. The Hall–Kier alpha value is -0.370. The molecule has 1 saturated heterocycles. The van der Waals surface area contributed by atoms with Crippen molar-refractivity contribution in [1.82, 2.24) is 4.90 Å². The Morgan fingerprint density at radius 3 is 2.53 bits per heavy atom. The van der Waals surface area contributed by atoms with Gasteiger partial charge in [-0.3, -0.25) is 9.69 Å². The van der Waals surface area contributed by atoms with Crippen LogP contribution in [-0.4, -0.2) is 29.8 Å². The third-order valence-corrected chi connectivity index (χ3v) is 3.67. The molecule has 0 spiro atoms. The molecule has 0 radical (unpaired) electrons. The molecule has 2 nitrogen and oxygen atoms in total. The van der Waals surface area contributed by atoms with Gasteiger partial charge in [-0.1, -0.05) is 33.6 Å². The summed E-state index contributed by atoms with van der Waals surface area (Å²) in [7, 11) is 0. The summed E-state index contributed by atoms with van der Waals surface area (Å²) in [4.78, 5) is 13.9. The van der Waals surface area contributed by atoms with E-state index in [-0.39, 0.29) is 0 Å². The molecule has 0 bridgehead atoms. The first-order valence-electron chi connectivity index (χ1n) is 7.12. The summed E-state index contributed by atoms with van der Waals surface area (Å²) < 4.78 is 0. The molecule has 0 aromatic carbocycles. The topological polar surface area (TPSA) is 20.3 Å². The lowest BCUT2D eigenvalue weighted by Gasteiger charge is -2.32. The highest BCUT2D eigenvalue weighted by Gasteiger charge is 2.23. The van der Waals surface area contributed by atoms with E-state index in [4.69, 9.17) is 0 Å². The third kappa shape index (κ3) is 6.21. The first kappa shape index (κ1) is 14.7. The summed E-state index contributed by atoms with van der Waals surface area (Å²) >= 11 is 0. The van der Waals surface area contributed by atoms with E-state index >= 15 is 0 Å². The molecule has 1 aliphatic rings. The van der Waals surface area contributed by atoms with Crippen LogP contribution in [0.5, 0.6) is 0 Å². The number of carbonyl (C=O) groups is 1. The molecule has 100 valence electrons. The Morgan fingerprint density at radius 2 is 1.94 bits per heavy atom. The Balaban J connectivity index is 2.52. The van der Waals surface area contributed by atoms with E-state index in [0.717, 1.165) is 13.0 Å². The largest absolute Gasteiger partial charge is 0.300 e. The molecule has 0 amide bonds. The highest BCUT2D eigenvalue weighted by molar-refractivity contribution is 5.76. The lowest BCUT2D eigenvalue weighted by molar-refractivity contribution is -0.118. The molecule has 1 fully saturated rings. The zero-order valence-corrected chi connectivity index (χ0v) is 12.1. The number of nitrogens with zero attached hydrogens (tertiary/aromatic N) is 1. The summed E-state index contributed by atoms with van der Waals surface area (Å²) in [5.41, 5.74) is 0.396. The maximum absolute atomic E-state index is 11.3. The monoisotopic (exact) mass is 239 g/mol. The molecule has 0 aliphatic carbocycles. The van der Waals surface area contributed by atoms with Crippen molar-refractivity contribution in [2.45, 2.75) is 72.3 Å². The second-order valence-corrected chi connectivity index (χ2v) is 6.76. The SMILES string of the molecule is CC(=O)CC1CCCCCN1CCC(C)(C)C. The Kier molecular flexibility index (Phi) is 5.64. The quantitative estimate of drug-likeness (QED) is 0.746. The summed E-state index contributed by atoms with van der Waals surface area (Å²) in [6.07, 6.45) is 7.12. The minimum atomic E-state index is 0.345. The maximum Gasteiger partial charge on any atom is 0.131 e. The van der Waals surface area contributed by atoms with Crippen molar-refractivity contribution in [1.29, 1.82) is 0 Å². The highest BCUT2D eigenvalue weighted by atomic mass is 16.1. The van der Waals surface area contributed by atoms with E-state index in [0.29, 0.717) is 17.2 Å². The van der Waals surface area contributed by atoms with E-state index in [2.05, 4.69) is 25.7 Å². The molecule has 1 heterocycles. The highest BCUT2D eigenvalue weighted by Crippen LogP contribution is 2.24. The molecule has 1 aliphatic heterocycles. The van der Waals surface area contributed by atoms with Crippen LogP contribution in [0.2, 0.25) is 0 Å². The molecule has 17 heavy (non-hydrogen) atoms. The van der Waals surface area contributed by atoms with E-state index in [1.54, 1.807) is 6.92 Å². The van der Waals surface area contributed by atoms with Gasteiger partial charge in [0.2, 0.25) is 0 Å². The zero-order chi connectivity index (χ0) is 12.9. The smallest absolute Gasteiger partial charge is 0.131 e. The standard InChI is InChI=1S/C15H29NO/c1-13(17)12-14-8-6-5-7-10-16(14)11-9-15(2,3)4/h14H,5-12H2,1-4H3. The fourth-order valence-electron chi connectivity index (χ4n) is 2.57. The molecule has 2 heteroatoms. The summed E-state index contributed by atoms with van der Waals surface area (Å²) in [5, 5.41) is 0. The maximum atomic E-state index is 11.3. The number of likely N-dealkylation sites (tertiary alicyclic amines) is 1. The molecule has 1 atom stereocenters. The van der Waals surface area contributed by atoms with E-state index in [9.17, 15) is 4.79 Å². The van der Waals surface area contributed by atoms with Crippen molar-refractivity contribution in [2.75, 3.05) is 13.1 Å². The van der Waals surface area contributed by atoms with E-state index in [1.807, 2.05) is 0 Å². The van der Waals surface area contributed by atoms with Gasteiger partial charge in [-0.2, -0.15) is 0 Å². The minimum absolute atomic E-state index is 0.345. The third-order valence-electron chi connectivity index (χ3n) is 3.67. The Morgan fingerprint density at radius 1 is 1.24 bits per heavy atom. The van der Waals surface area contributed by atoms with Crippen LogP contribution in [0.1, 0.15) is 66.2 Å². The van der Waals surface area contributed by atoms with Gasteiger partial charge in [-0.05, 0) is 44.7 Å². The van der Waals surface area contributed by atoms with Gasteiger partial charge in [-0.15, -0.1) is 0 Å². The average Bonchev–Trinajstić information content (AvgIpc) is 2.38. The van der Waals surface area contributed by atoms with Crippen molar-refractivity contribution >= 4 is 5.78 Å². The van der Waals surface area contributed by atoms with Gasteiger partial charge in [0, 0.05) is 12.5 Å². The van der Waals surface area contributed by atoms with Crippen LogP contribution >= 0.6 is 0 Å². The van der Waals surface area contributed by atoms with Crippen LogP contribution in [0.15, 0.2) is 0 Å². The summed E-state index contributed by atoms with van der Waals surface area (Å²) in [5.74, 6) is 0.345. The number of rotatable bonds is 4. The van der Waals surface area contributed by atoms with E-state index < -0.39 is 0 Å². The van der Waals surface area contributed by atoms with Crippen LogP contribution < -0.4 is 0 Å². The van der Waals surface area contributed by atoms with Crippen molar-refractivity contribution in [2.24, 2.45) is 5.41 Å². The molecular weight excluding hydrogens is 210 g/mol. The predicted octanol–water partition coefficient (Wildman–Crippen LogP) is 3.65. The number of hydrogen-bond donors (Lipinski definition) is 0. The summed E-state index contributed by atoms with van der Waals surface area (Å²) in [6, 6.07) is 0.511. The number of carbonyl (C=O) groups excluding carboxylic acids is 1. The Labute approximate surface area is 107 Å². The van der Waals surface area contributed by atoms with Gasteiger partial charge in [0.15, 0.2) is 0 Å². The van der Waals surface area contributed by atoms with Crippen LogP contribution in [0.3, 0.4) is 0 Å². The molecule has 0 aromatic rings.